The topological polar surface area (TPSA) is 49.2 Å². The van der Waals surface area contributed by atoms with Crippen molar-refractivity contribution < 1.29 is 5.11 Å². The van der Waals surface area contributed by atoms with Crippen LogP contribution in [-0.4, -0.2) is 33.1 Å². The fourth-order valence-corrected chi connectivity index (χ4v) is 2.29. The molecule has 5 heteroatoms. The van der Waals surface area contributed by atoms with E-state index in [1.807, 2.05) is 23.7 Å². The summed E-state index contributed by atoms with van der Waals surface area (Å²) in [5, 5.41) is 12.1. The number of rotatable bonds is 6. The zero-order valence-corrected chi connectivity index (χ0v) is 10.3. The van der Waals surface area contributed by atoms with Gasteiger partial charge in [0.15, 0.2) is 0 Å². The summed E-state index contributed by atoms with van der Waals surface area (Å²) in [6, 6.07) is 3.97. The molecular formula is C12H15N3OS. The number of aliphatic hydroxyl groups excluding tert-OH is 1. The van der Waals surface area contributed by atoms with E-state index in [-0.39, 0.29) is 6.61 Å². The Labute approximate surface area is 105 Å². The van der Waals surface area contributed by atoms with Crippen molar-refractivity contribution in [1.82, 2.24) is 14.9 Å². The quantitative estimate of drug-likeness (QED) is 0.843. The molecule has 17 heavy (non-hydrogen) atoms. The van der Waals surface area contributed by atoms with Crippen molar-refractivity contribution in [1.29, 1.82) is 0 Å². The van der Waals surface area contributed by atoms with Crippen LogP contribution in [0.5, 0.6) is 0 Å². The second kappa shape index (κ2) is 6.44. The van der Waals surface area contributed by atoms with E-state index in [0.29, 0.717) is 6.54 Å². The maximum Gasteiger partial charge on any atom is 0.107 e. The minimum absolute atomic E-state index is 0.158. The molecule has 0 spiro atoms. The zero-order valence-electron chi connectivity index (χ0n) is 9.49. The lowest BCUT2D eigenvalue weighted by Gasteiger charge is -2.19. The van der Waals surface area contributed by atoms with Crippen LogP contribution in [0.25, 0.3) is 0 Å². The van der Waals surface area contributed by atoms with Crippen molar-refractivity contribution >= 4 is 11.3 Å². The van der Waals surface area contributed by atoms with E-state index in [2.05, 4.69) is 14.9 Å². The molecule has 2 heterocycles. The summed E-state index contributed by atoms with van der Waals surface area (Å²) < 4.78 is 0. The Hall–Kier alpha value is -1.30. The third-order valence-corrected chi connectivity index (χ3v) is 3.15. The summed E-state index contributed by atoms with van der Waals surface area (Å²) in [5.41, 5.74) is 1.15. The van der Waals surface area contributed by atoms with Crippen molar-refractivity contribution in [3.63, 3.8) is 0 Å². The van der Waals surface area contributed by atoms with E-state index in [9.17, 15) is 0 Å². The molecule has 2 aromatic rings. The first-order valence-corrected chi connectivity index (χ1v) is 6.37. The summed E-state index contributed by atoms with van der Waals surface area (Å²) in [4.78, 5) is 10.5. The first-order chi connectivity index (χ1) is 8.38. The molecule has 0 fully saturated rings. The number of aliphatic hydroxyl groups is 1. The normalized spacial score (nSPS) is 10.9. The fraction of sp³-hybridized carbons (Fsp3) is 0.333. The molecule has 1 N–H and O–H groups in total. The molecule has 2 rings (SSSR count). The summed E-state index contributed by atoms with van der Waals surface area (Å²) in [6.45, 7) is 2.36. The zero-order chi connectivity index (χ0) is 11.9. The van der Waals surface area contributed by atoms with Gasteiger partial charge in [-0.1, -0.05) is 6.07 Å². The Balaban J connectivity index is 1.97. The lowest BCUT2D eigenvalue weighted by atomic mass is 10.2. The van der Waals surface area contributed by atoms with Gasteiger partial charge in [-0.05, 0) is 11.6 Å². The minimum atomic E-state index is 0.158. The van der Waals surface area contributed by atoms with Crippen LogP contribution < -0.4 is 0 Å². The highest BCUT2D eigenvalue weighted by molar-refractivity contribution is 7.09. The van der Waals surface area contributed by atoms with Crippen LogP contribution in [0.2, 0.25) is 0 Å². The predicted octanol–water partition coefficient (Wildman–Crippen LogP) is 1.53. The molecule has 0 aromatic carbocycles. The maximum atomic E-state index is 9.07. The first kappa shape index (κ1) is 12.2. The van der Waals surface area contributed by atoms with Crippen LogP contribution in [0.4, 0.5) is 0 Å². The van der Waals surface area contributed by atoms with Crippen LogP contribution in [0.15, 0.2) is 36.1 Å². The van der Waals surface area contributed by atoms with Crippen LogP contribution in [0.3, 0.4) is 0 Å². The monoisotopic (exact) mass is 249 g/mol. The molecule has 2 aromatic heterocycles. The number of thiazole rings is 1. The molecule has 4 nitrogen and oxygen atoms in total. The smallest absolute Gasteiger partial charge is 0.107 e. The Bertz CT molecular complexity index is 419. The van der Waals surface area contributed by atoms with E-state index < -0.39 is 0 Å². The maximum absolute atomic E-state index is 9.07. The van der Waals surface area contributed by atoms with Gasteiger partial charge in [-0.15, -0.1) is 11.3 Å². The number of aromatic nitrogens is 2. The van der Waals surface area contributed by atoms with E-state index in [1.165, 1.54) is 0 Å². The van der Waals surface area contributed by atoms with Crippen molar-refractivity contribution in [3.05, 3.63) is 46.7 Å². The molecule has 0 amide bonds. The average molecular weight is 249 g/mol. The van der Waals surface area contributed by atoms with Gasteiger partial charge < -0.3 is 5.11 Å². The molecule has 0 radical (unpaired) electrons. The van der Waals surface area contributed by atoms with Gasteiger partial charge in [0, 0.05) is 37.1 Å². The van der Waals surface area contributed by atoms with Gasteiger partial charge in [0.1, 0.15) is 5.01 Å². The van der Waals surface area contributed by atoms with Gasteiger partial charge in [-0.2, -0.15) is 0 Å². The SMILES string of the molecule is OCCN(Cc1cccnc1)Cc1nccs1. The summed E-state index contributed by atoms with van der Waals surface area (Å²) in [6.07, 6.45) is 5.42. The molecular weight excluding hydrogens is 234 g/mol. The Morgan fingerprint density at radius 1 is 1.29 bits per heavy atom. The summed E-state index contributed by atoms with van der Waals surface area (Å²) >= 11 is 1.64. The van der Waals surface area contributed by atoms with Crippen molar-refractivity contribution in [2.45, 2.75) is 13.1 Å². The van der Waals surface area contributed by atoms with Crippen LogP contribution >= 0.6 is 11.3 Å². The largest absolute Gasteiger partial charge is 0.395 e. The van der Waals surface area contributed by atoms with Crippen molar-refractivity contribution in [2.24, 2.45) is 0 Å². The standard InChI is InChI=1S/C12H15N3OS/c16-6-5-15(10-12-14-4-7-17-12)9-11-2-1-3-13-8-11/h1-4,7-8,16H,5-6,9-10H2. The van der Waals surface area contributed by atoms with Crippen molar-refractivity contribution in [3.8, 4) is 0 Å². The molecule has 0 saturated heterocycles. The second-order valence-corrected chi connectivity index (χ2v) is 4.70. The molecule has 90 valence electrons. The molecule has 0 aliphatic carbocycles. The van der Waals surface area contributed by atoms with Gasteiger partial charge in [0.25, 0.3) is 0 Å². The highest BCUT2D eigenvalue weighted by atomic mass is 32.1. The van der Waals surface area contributed by atoms with Gasteiger partial charge in [-0.25, -0.2) is 4.98 Å². The molecule has 0 bridgehead atoms. The highest BCUT2D eigenvalue weighted by Crippen LogP contribution is 2.10. The fourth-order valence-electron chi connectivity index (χ4n) is 1.63. The number of hydrogen-bond donors (Lipinski definition) is 1. The molecule has 0 atom stereocenters. The van der Waals surface area contributed by atoms with Crippen LogP contribution in [0.1, 0.15) is 10.6 Å². The second-order valence-electron chi connectivity index (χ2n) is 3.72. The third-order valence-electron chi connectivity index (χ3n) is 2.39. The molecule has 0 aliphatic rings. The molecule has 0 unspecified atom stereocenters. The van der Waals surface area contributed by atoms with E-state index in [1.54, 1.807) is 23.7 Å². The van der Waals surface area contributed by atoms with E-state index in [0.717, 1.165) is 23.7 Å². The molecule has 0 saturated carbocycles. The number of pyridine rings is 1. The van der Waals surface area contributed by atoms with Gasteiger partial charge in [-0.3, -0.25) is 9.88 Å². The summed E-state index contributed by atoms with van der Waals surface area (Å²) in [7, 11) is 0. The predicted molar refractivity (Wildman–Crippen MR) is 67.6 cm³/mol. The minimum Gasteiger partial charge on any atom is -0.395 e. The van der Waals surface area contributed by atoms with Gasteiger partial charge >= 0.3 is 0 Å². The Morgan fingerprint density at radius 2 is 2.24 bits per heavy atom. The van der Waals surface area contributed by atoms with Crippen molar-refractivity contribution in [2.75, 3.05) is 13.2 Å². The Morgan fingerprint density at radius 3 is 2.88 bits per heavy atom. The number of hydrogen-bond acceptors (Lipinski definition) is 5. The van der Waals surface area contributed by atoms with E-state index >= 15 is 0 Å². The first-order valence-electron chi connectivity index (χ1n) is 5.49. The van der Waals surface area contributed by atoms with E-state index in [4.69, 9.17) is 5.11 Å². The summed E-state index contributed by atoms with van der Waals surface area (Å²) in [5.74, 6) is 0. The lowest BCUT2D eigenvalue weighted by molar-refractivity contribution is 0.184. The Kier molecular flexibility index (Phi) is 4.61. The molecule has 0 aliphatic heterocycles. The lowest BCUT2D eigenvalue weighted by Crippen LogP contribution is -2.26. The third kappa shape index (κ3) is 3.89. The van der Waals surface area contributed by atoms with Gasteiger partial charge in [0.2, 0.25) is 0 Å². The van der Waals surface area contributed by atoms with Crippen LogP contribution in [-0.2, 0) is 13.1 Å². The van der Waals surface area contributed by atoms with Crippen LogP contribution in [0, 0.1) is 0 Å². The highest BCUT2D eigenvalue weighted by Gasteiger charge is 2.08. The van der Waals surface area contributed by atoms with Gasteiger partial charge in [0.05, 0.1) is 13.2 Å². The average Bonchev–Trinajstić information content (AvgIpc) is 2.83. The number of nitrogens with zero attached hydrogens (tertiary/aromatic N) is 3.